The number of halogens is 2. The topological polar surface area (TPSA) is 73.5 Å². The fraction of sp³-hybridized carbons (Fsp3) is 0.724. The van der Waals surface area contributed by atoms with E-state index >= 15 is 0 Å². The Morgan fingerprint density at radius 1 is 1.11 bits per heavy atom. The third-order valence-electron chi connectivity index (χ3n) is 8.68. The zero-order valence-electron chi connectivity index (χ0n) is 22.4. The molecule has 4 rings (SSSR count). The normalized spacial score (nSPS) is 25.3. The van der Waals surface area contributed by atoms with Crippen LogP contribution >= 0.6 is 0 Å². The minimum absolute atomic E-state index is 0.00919. The van der Waals surface area contributed by atoms with Crippen molar-refractivity contribution in [3.05, 3.63) is 35.6 Å². The maximum Gasteiger partial charge on any atom is 0.240 e. The molecule has 2 aliphatic heterocycles. The maximum absolute atomic E-state index is 13.8. The number of piperidine rings is 1. The van der Waals surface area contributed by atoms with Crippen molar-refractivity contribution >= 4 is 11.8 Å². The van der Waals surface area contributed by atoms with Crippen molar-refractivity contribution in [2.75, 3.05) is 26.2 Å². The van der Waals surface area contributed by atoms with E-state index in [9.17, 15) is 18.4 Å². The van der Waals surface area contributed by atoms with Gasteiger partial charge >= 0.3 is 0 Å². The van der Waals surface area contributed by atoms with Gasteiger partial charge in [-0.25, -0.2) is 8.78 Å². The number of nitrogens with one attached hydrogen (secondary N) is 3. The van der Waals surface area contributed by atoms with Crippen LogP contribution in [0.15, 0.2) is 24.3 Å². The Bertz CT molecular complexity index is 896. The smallest absolute Gasteiger partial charge is 0.240 e. The summed E-state index contributed by atoms with van der Waals surface area (Å²) >= 11 is 0. The first-order valence-electron chi connectivity index (χ1n) is 14.2. The molecule has 1 aromatic rings. The monoisotopic (exact) mass is 518 g/mol. The average molecular weight is 519 g/mol. The van der Waals surface area contributed by atoms with Gasteiger partial charge in [0, 0.05) is 43.7 Å². The standard InChI is InChI=1S/C29H44F2N4O2/c1-20(2)27(36)34-29(22-6-4-3-5-7-22)12-14-35(15-13-29)28(37)26(16-21-8-10-23(30)11-9-21)33-19-25-17-24(31)18-32-25/h8-11,20,22,24-26,32-33H,3-7,12-19H2,1-2H3,(H,34,36)/t24-,25-,26-/m1/s1. The summed E-state index contributed by atoms with van der Waals surface area (Å²) in [6.45, 7) is 5.91. The van der Waals surface area contributed by atoms with Gasteiger partial charge in [-0.15, -0.1) is 0 Å². The van der Waals surface area contributed by atoms with Gasteiger partial charge in [0.25, 0.3) is 0 Å². The van der Waals surface area contributed by atoms with E-state index < -0.39 is 12.2 Å². The molecule has 37 heavy (non-hydrogen) atoms. The van der Waals surface area contributed by atoms with E-state index in [1.165, 1.54) is 31.4 Å². The van der Waals surface area contributed by atoms with Crippen molar-refractivity contribution in [1.29, 1.82) is 0 Å². The van der Waals surface area contributed by atoms with Crippen molar-refractivity contribution in [2.24, 2.45) is 11.8 Å². The molecule has 0 radical (unpaired) electrons. The first kappa shape index (κ1) is 28.0. The van der Waals surface area contributed by atoms with Gasteiger partial charge in [0.05, 0.1) is 6.04 Å². The Morgan fingerprint density at radius 2 is 1.78 bits per heavy atom. The first-order chi connectivity index (χ1) is 17.8. The lowest BCUT2D eigenvalue weighted by Crippen LogP contribution is -2.62. The molecule has 3 aliphatic rings. The minimum atomic E-state index is -0.853. The van der Waals surface area contributed by atoms with Crippen molar-refractivity contribution < 1.29 is 18.4 Å². The molecule has 8 heteroatoms. The summed E-state index contributed by atoms with van der Waals surface area (Å²) in [4.78, 5) is 28.5. The largest absolute Gasteiger partial charge is 0.350 e. The number of rotatable bonds is 9. The number of likely N-dealkylation sites (tertiary alicyclic amines) is 1. The number of alkyl halides is 1. The zero-order chi connectivity index (χ0) is 26.4. The summed E-state index contributed by atoms with van der Waals surface area (Å²) < 4.78 is 27.1. The second kappa shape index (κ2) is 12.7. The van der Waals surface area contributed by atoms with E-state index in [1.807, 2.05) is 18.7 Å². The van der Waals surface area contributed by atoms with Gasteiger partial charge in [-0.3, -0.25) is 9.59 Å². The van der Waals surface area contributed by atoms with Crippen LogP contribution in [0.1, 0.15) is 70.8 Å². The van der Waals surface area contributed by atoms with Crippen LogP contribution in [0.4, 0.5) is 8.78 Å². The van der Waals surface area contributed by atoms with Gasteiger partial charge in [-0.1, -0.05) is 45.2 Å². The number of benzene rings is 1. The third kappa shape index (κ3) is 7.29. The SMILES string of the molecule is CC(C)C(=O)NC1(C2CCCCC2)CCN(C(=O)[C@@H](Cc2ccc(F)cc2)NC[C@H]2C[C@@H](F)CN2)CC1. The van der Waals surface area contributed by atoms with Crippen molar-refractivity contribution in [2.45, 2.75) is 95.4 Å². The molecule has 1 aromatic carbocycles. The number of hydrogen-bond acceptors (Lipinski definition) is 4. The van der Waals surface area contributed by atoms with Gasteiger partial charge in [0.2, 0.25) is 11.8 Å². The van der Waals surface area contributed by atoms with Crippen LogP contribution in [0.3, 0.4) is 0 Å². The van der Waals surface area contributed by atoms with E-state index in [0.717, 1.165) is 31.2 Å². The van der Waals surface area contributed by atoms with Crippen molar-refractivity contribution in [1.82, 2.24) is 20.9 Å². The highest BCUT2D eigenvalue weighted by Gasteiger charge is 2.44. The second-order valence-electron chi connectivity index (χ2n) is 11.7. The summed E-state index contributed by atoms with van der Waals surface area (Å²) in [5.41, 5.74) is 0.635. The van der Waals surface area contributed by atoms with Gasteiger partial charge < -0.3 is 20.9 Å². The van der Waals surface area contributed by atoms with E-state index in [1.54, 1.807) is 12.1 Å². The van der Waals surface area contributed by atoms with Crippen LogP contribution in [0.2, 0.25) is 0 Å². The number of amides is 2. The average Bonchev–Trinajstić information content (AvgIpc) is 3.33. The van der Waals surface area contributed by atoms with Crippen LogP contribution in [0.25, 0.3) is 0 Å². The molecule has 2 heterocycles. The Balaban J connectivity index is 1.44. The highest BCUT2D eigenvalue weighted by molar-refractivity contribution is 5.82. The lowest BCUT2D eigenvalue weighted by Gasteiger charge is -2.49. The summed E-state index contributed by atoms with van der Waals surface area (Å²) in [5.74, 6) is 0.194. The summed E-state index contributed by atoms with van der Waals surface area (Å²) in [7, 11) is 0. The summed E-state index contributed by atoms with van der Waals surface area (Å²) in [6, 6.07) is 5.78. The van der Waals surface area contributed by atoms with Gasteiger partial charge in [-0.05, 0) is 62.1 Å². The lowest BCUT2D eigenvalue weighted by molar-refractivity contribution is -0.136. The van der Waals surface area contributed by atoms with Crippen molar-refractivity contribution in [3.8, 4) is 0 Å². The third-order valence-corrected chi connectivity index (χ3v) is 8.68. The molecular weight excluding hydrogens is 474 g/mol. The predicted molar refractivity (Wildman–Crippen MR) is 141 cm³/mol. The van der Waals surface area contributed by atoms with Crippen LogP contribution in [0, 0.1) is 17.7 Å². The molecular formula is C29H44F2N4O2. The van der Waals surface area contributed by atoms with Crippen LogP contribution in [0.5, 0.6) is 0 Å². The number of nitrogens with zero attached hydrogens (tertiary/aromatic N) is 1. The fourth-order valence-corrected chi connectivity index (χ4v) is 6.34. The highest BCUT2D eigenvalue weighted by Crippen LogP contribution is 2.39. The number of hydrogen-bond donors (Lipinski definition) is 3. The molecule has 0 spiro atoms. The van der Waals surface area contributed by atoms with Crippen LogP contribution < -0.4 is 16.0 Å². The molecule has 6 nitrogen and oxygen atoms in total. The summed E-state index contributed by atoms with van der Waals surface area (Å²) in [6.07, 6.45) is 7.47. The molecule has 0 aromatic heterocycles. The molecule has 2 saturated heterocycles. The van der Waals surface area contributed by atoms with Crippen molar-refractivity contribution in [3.63, 3.8) is 0 Å². The number of carbonyl (C=O) groups excluding carboxylic acids is 2. The Labute approximate surface area is 220 Å². The lowest BCUT2D eigenvalue weighted by atomic mass is 9.69. The second-order valence-corrected chi connectivity index (χ2v) is 11.7. The molecule has 0 bridgehead atoms. The molecule has 2 amide bonds. The van der Waals surface area contributed by atoms with Gasteiger partial charge in [0.1, 0.15) is 12.0 Å². The predicted octanol–water partition coefficient (Wildman–Crippen LogP) is 3.74. The van der Waals surface area contributed by atoms with Crippen LogP contribution in [-0.2, 0) is 16.0 Å². The Morgan fingerprint density at radius 3 is 2.38 bits per heavy atom. The van der Waals surface area contributed by atoms with Gasteiger partial charge in [-0.2, -0.15) is 0 Å². The quantitative estimate of drug-likeness (QED) is 0.466. The first-order valence-corrected chi connectivity index (χ1v) is 14.2. The molecule has 3 atom stereocenters. The number of carbonyl (C=O) groups is 2. The van der Waals surface area contributed by atoms with E-state index in [4.69, 9.17) is 0 Å². The summed E-state index contributed by atoms with van der Waals surface area (Å²) in [5, 5.41) is 9.99. The van der Waals surface area contributed by atoms with E-state index in [2.05, 4.69) is 16.0 Å². The Kier molecular flexibility index (Phi) is 9.57. The fourth-order valence-electron chi connectivity index (χ4n) is 6.34. The Hall–Kier alpha value is -2.06. The zero-order valence-corrected chi connectivity index (χ0v) is 22.4. The van der Waals surface area contributed by atoms with Gasteiger partial charge in [0.15, 0.2) is 0 Å². The maximum atomic E-state index is 13.8. The highest BCUT2D eigenvalue weighted by atomic mass is 19.1. The minimum Gasteiger partial charge on any atom is -0.350 e. The van der Waals surface area contributed by atoms with E-state index in [-0.39, 0.29) is 35.1 Å². The molecule has 1 saturated carbocycles. The van der Waals surface area contributed by atoms with Crippen LogP contribution in [-0.4, -0.2) is 66.7 Å². The molecule has 0 unspecified atom stereocenters. The van der Waals surface area contributed by atoms with E-state index in [0.29, 0.717) is 44.9 Å². The molecule has 206 valence electrons. The molecule has 3 fully saturated rings. The molecule has 1 aliphatic carbocycles. The molecule has 3 N–H and O–H groups in total.